The summed E-state index contributed by atoms with van der Waals surface area (Å²) in [6, 6.07) is 0. The highest BCUT2D eigenvalue weighted by Gasteiger charge is 2.53. The molecule has 5 atom stereocenters. The average Bonchev–Trinajstić information content (AvgIpc) is 2.98. The quantitative estimate of drug-likeness (QED) is 0.782. The summed E-state index contributed by atoms with van der Waals surface area (Å²) in [6.45, 7) is 0. The lowest BCUT2D eigenvalue weighted by Crippen LogP contribution is -2.51. The van der Waals surface area contributed by atoms with E-state index >= 15 is 0 Å². The van der Waals surface area contributed by atoms with Crippen LogP contribution in [0, 0.1) is 40.9 Å². The number of fused-ring (bicyclic) bond motifs is 1. The fourth-order valence-electron chi connectivity index (χ4n) is 7.67. The van der Waals surface area contributed by atoms with Crippen molar-refractivity contribution < 1.29 is 15.0 Å². The summed E-state index contributed by atoms with van der Waals surface area (Å²) < 4.78 is 0. The van der Waals surface area contributed by atoms with Gasteiger partial charge in [0.2, 0.25) is 0 Å². The van der Waals surface area contributed by atoms with Gasteiger partial charge in [-0.3, -0.25) is 4.79 Å². The molecule has 0 aromatic carbocycles. The number of aliphatic hydroxyl groups is 2. The van der Waals surface area contributed by atoms with E-state index in [1.54, 1.807) is 0 Å². The minimum atomic E-state index is -0.366. The number of aliphatic hydroxyl groups excluding tert-OH is 2. The highest BCUT2D eigenvalue weighted by atomic mass is 16.3. The molecule has 6 aliphatic rings. The second kappa shape index (κ2) is 5.41. The number of carbonyl (C=O) groups excluding carboxylic acids is 1. The molecule has 0 spiro atoms. The van der Waals surface area contributed by atoms with E-state index in [9.17, 15) is 15.0 Å². The number of rotatable bonds is 3. The van der Waals surface area contributed by atoms with E-state index in [2.05, 4.69) is 6.08 Å². The van der Waals surface area contributed by atoms with Gasteiger partial charge >= 0.3 is 0 Å². The van der Waals surface area contributed by atoms with Gasteiger partial charge in [-0.1, -0.05) is 12.2 Å². The summed E-state index contributed by atoms with van der Waals surface area (Å²) in [5.74, 6) is 3.64. The first kappa shape index (κ1) is 15.6. The van der Waals surface area contributed by atoms with Gasteiger partial charge in [0, 0.05) is 24.2 Å². The van der Waals surface area contributed by atoms with Gasteiger partial charge in [-0.15, -0.1) is 0 Å². The van der Waals surface area contributed by atoms with Crippen molar-refractivity contribution >= 4 is 5.78 Å². The first-order chi connectivity index (χ1) is 11.5. The molecule has 6 saturated carbocycles. The van der Waals surface area contributed by atoms with Gasteiger partial charge in [-0.05, 0) is 74.5 Å². The Morgan fingerprint density at radius 2 is 1.62 bits per heavy atom. The molecule has 0 aromatic rings. The van der Waals surface area contributed by atoms with Crippen LogP contribution >= 0.6 is 0 Å². The van der Waals surface area contributed by atoms with Crippen LogP contribution in [0.1, 0.15) is 57.8 Å². The first-order valence-corrected chi connectivity index (χ1v) is 10.1. The van der Waals surface area contributed by atoms with Crippen molar-refractivity contribution in [3.8, 4) is 0 Å². The smallest absolute Gasteiger partial charge is 0.133 e. The Morgan fingerprint density at radius 1 is 1.00 bits per heavy atom. The fraction of sp³-hybridized carbons (Fsp3) is 0.857. The molecule has 0 unspecified atom stereocenters. The third-order valence-corrected chi connectivity index (χ3v) is 8.27. The molecule has 3 nitrogen and oxygen atoms in total. The Labute approximate surface area is 144 Å². The minimum Gasteiger partial charge on any atom is -0.392 e. The van der Waals surface area contributed by atoms with Crippen LogP contribution in [0.3, 0.4) is 0 Å². The molecule has 0 amide bonds. The molecule has 132 valence electrons. The summed E-state index contributed by atoms with van der Waals surface area (Å²) >= 11 is 0. The van der Waals surface area contributed by atoms with Gasteiger partial charge in [0.05, 0.1) is 12.2 Å². The van der Waals surface area contributed by atoms with Crippen molar-refractivity contribution in [2.45, 2.75) is 70.0 Å². The Balaban J connectivity index is 1.32. The van der Waals surface area contributed by atoms with E-state index in [0.717, 1.165) is 24.2 Å². The van der Waals surface area contributed by atoms with Gasteiger partial charge in [0.25, 0.3) is 0 Å². The van der Waals surface area contributed by atoms with Crippen molar-refractivity contribution in [2.75, 3.05) is 0 Å². The molecular formula is C21H30O3. The summed E-state index contributed by atoms with van der Waals surface area (Å²) in [4.78, 5) is 11.7. The van der Waals surface area contributed by atoms with E-state index in [0.29, 0.717) is 30.5 Å². The van der Waals surface area contributed by atoms with E-state index in [-0.39, 0.29) is 23.5 Å². The summed E-state index contributed by atoms with van der Waals surface area (Å²) in [6.07, 6.45) is 13.2. The highest BCUT2D eigenvalue weighted by Crippen LogP contribution is 2.61. The van der Waals surface area contributed by atoms with Crippen LogP contribution < -0.4 is 0 Å². The lowest BCUT2D eigenvalue weighted by molar-refractivity contribution is -0.118. The standard InChI is InChI=1S/C21H30O3/c22-16-6-15-7-19(23)17(18(15)8-16)1-2-20(24)21-9-12-3-13(10-21)5-14(4-12)11-21/h1-2,12-15,17-20,23-24H,3-11H2/b2-1+/t12?,13?,14?,15-,17-,18-,19-,20+,21?/m1/s1. The monoisotopic (exact) mass is 330 g/mol. The molecule has 24 heavy (non-hydrogen) atoms. The fourth-order valence-corrected chi connectivity index (χ4v) is 7.67. The molecule has 4 bridgehead atoms. The lowest BCUT2D eigenvalue weighted by Gasteiger charge is -2.58. The number of hydrogen-bond acceptors (Lipinski definition) is 3. The normalized spacial score (nSPS) is 53.9. The minimum absolute atomic E-state index is 0.0741. The summed E-state index contributed by atoms with van der Waals surface area (Å²) in [5.41, 5.74) is 0.111. The Bertz CT molecular complexity index is 530. The number of Topliss-reactive ketones (excluding diaryl/α,β-unsaturated/α-hetero) is 1. The largest absolute Gasteiger partial charge is 0.392 e. The lowest BCUT2D eigenvalue weighted by atomic mass is 9.48. The molecule has 3 heteroatoms. The molecule has 0 saturated heterocycles. The van der Waals surface area contributed by atoms with Gasteiger partial charge in [-0.2, -0.15) is 0 Å². The van der Waals surface area contributed by atoms with Crippen molar-refractivity contribution in [3.05, 3.63) is 12.2 Å². The molecule has 6 fully saturated rings. The maximum Gasteiger partial charge on any atom is 0.133 e. The van der Waals surface area contributed by atoms with Crippen molar-refractivity contribution in [3.63, 3.8) is 0 Å². The Kier molecular flexibility index (Phi) is 3.51. The third-order valence-electron chi connectivity index (χ3n) is 8.27. The molecule has 0 heterocycles. The molecule has 0 radical (unpaired) electrons. The van der Waals surface area contributed by atoms with Crippen LogP contribution in [-0.2, 0) is 4.79 Å². The van der Waals surface area contributed by atoms with E-state index in [1.165, 1.54) is 38.5 Å². The SMILES string of the molecule is O=C1C[C@@H]2C[C@@H](O)[C@H](/C=C/[C@H](O)C34CC5CC(CC(C5)C3)C4)[C@@H]2C1. The van der Waals surface area contributed by atoms with Crippen molar-refractivity contribution in [2.24, 2.45) is 40.9 Å². The maximum atomic E-state index is 11.7. The zero-order valence-corrected chi connectivity index (χ0v) is 14.4. The van der Waals surface area contributed by atoms with Crippen LogP contribution in [0.15, 0.2) is 12.2 Å². The Morgan fingerprint density at radius 3 is 2.25 bits per heavy atom. The van der Waals surface area contributed by atoms with E-state index < -0.39 is 0 Å². The predicted molar refractivity (Wildman–Crippen MR) is 91.1 cm³/mol. The number of carbonyl (C=O) groups is 1. The van der Waals surface area contributed by atoms with Crippen molar-refractivity contribution in [1.29, 1.82) is 0 Å². The second-order valence-electron chi connectivity index (χ2n) is 9.86. The molecular weight excluding hydrogens is 300 g/mol. The molecule has 0 aromatic heterocycles. The van der Waals surface area contributed by atoms with Crippen LogP contribution in [-0.4, -0.2) is 28.2 Å². The van der Waals surface area contributed by atoms with Gasteiger partial charge in [0.15, 0.2) is 0 Å². The van der Waals surface area contributed by atoms with Crippen LogP contribution in [0.5, 0.6) is 0 Å². The zero-order chi connectivity index (χ0) is 16.5. The van der Waals surface area contributed by atoms with Gasteiger partial charge in [-0.25, -0.2) is 0 Å². The highest BCUT2D eigenvalue weighted by molar-refractivity contribution is 5.81. The third kappa shape index (κ3) is 2.34. The summed E-state index contributed by atoms with van der Waals surface area (Å²) in [5, 5.41) is 21.4. The van der Waals surface area contributed by atoms with E-state index in [4.69, 9.17) is 0 Å². The van der Waals surface area contributed by atoms with Crippen molar-refractivity contribution in [1.82, 2.24) is 0 Å². The first-order valence-electron chi connectivity index (χ1n) is 10.1. The van der Waals surface area contributed by atoms with Crippen LogP contribution in [0.2, 0.25) is 0 Å². The molecule has 6 aliphatic carbocycles. The maximum absolute atomic E-state index is 11.7. The second-order valence-corrected chi connectivity index (χ2v) is 9.86. The predicted octanol–water partition coefficient (Wildman–Crippen LogP) is 3.10. The zero-order valence-electron chi connectivity index (χ0n) is 14.4. The summed E-state index contributed by atoms with van der Waals surface area (Å²) in [7, 11) is 0. The average molecular weight is 330 g/mol. The Hall–Kier alpha value is -0.670. The molecule has 2 N–H and O–H groups in total. The molecule has 0 aliphatic heterocycles. The van der Waals surface area contributed by atoms with Crippen LogP contribution in [0.25, 0.3) is 0 Å². The van der Waals surface area contributed by atoms with Crippen LogP contribution in [0.4, 0.5) is 0 Å². The van der Waals surface area contributed by atoms with Gasteiger partial charge in [0.1, 0.15) is 5.78 Å². The molecule has 6 rings (SSSR count). The van der Waals surface area contributed by atoms with E-state index in [1.807, 2.05) is 6.08 Å². The van der Waals surface area contributed by atoms with Gasteiger partial charge < -0.3 is 10.2 Å². The topological polar surface area (TPSA) is 57.5 Å². The number of ketones is 1. The number of hydrogen-bond donors (Lipinski definition) is 2.